The van der Waals surface area contributed by atoms with Crippen LogP contribution in [0.4, 0.5) is 5.69 Å². The molecule has 0 radical (unpaired) electrons. The van der Waals surface area contributed by atoms with E-state index in [1.54, 1.807) is 11.3 Å². The highest BCUT2D eigenvalue weighted by molar-refractivity contribution is 7.19. The van der Waals surface area contributed by atoms with Crippen LogP contribution in [0.3, 0.4) is 0 Å². The lowest BCUT2D eigenvalue weighted by molar-refractivity contribution is 0.643. The van der Waals surface area contributed by atoms with Crippen molar-refractivity contribution in [2.75, 3.05) is 11.9 Å². The fourth-order valence-corrected chi connectivity index (χ4v) is 4.17. The van der Waals surface area contributed by atoms with Crippen molar-refractivity contribution < 1.29 is 0 Å². The van der Waals surface area contributed by atoms with E-state index in [9.17, 15) is 0 Å². The molecule has 120 valence electrons. The number of benzene rings is 2. The zero-order valence-electron chi connectivity index (χ0n) is 14.2. The molecule has 0 aliphatic carbocycles. The van der Waals surface area contributed by atoms with Gasteiger partial charge in [-0.25, -0.2) is 4.98 Å². The lowest BCUT2D eigenvalue weighted by Gasteiger charge is -2.22. The number of rotatable bonds is 2. The number of nitrogens with zero attached hydrogens (tertiary/aromatic N) is 2. The van der Waals surface area contributed by atoms with E-state index in [0.717, 1.165) is 16.2 Å². The number of aromatic nitrogens is 1. The second kappa shape index (κ2) is 5.32. The highest BCUT2D eigenvalue weighted by Crippen LogP contribution is 2.46. The van der Waals surface area contributed by atoms with E-state index in [0.29, 0.717) is 0 Å². The largest absolute Gasteiger partial charge is 0.348 e. The summed E-state index contributed by atoms with van der Waals surface area (Å²) in [6.07, 6.45) is 4.25. The summed E-state index contributed by atoms with van der Waals surface area (Å²) in [5.41, 5.74) is 5.97. The van der Waals surface area contributed by atoms with Gasteiger partial charge in [0.1, 0.15) is 5.01 Å². The van der Waals surface area contributed by atoms with Gasteiger partial charge in [0.15, 0.2) is 0 Å². The van der Waals surface area contributed by atoms with Crippen LogP contribution in [0.2, 0.25) is 0 Å². The molecular formula is C21H20N2S. The Morgan fingerprint density at radius 2 is 1.92 bits per heavy atom. The molecule has 24 heavy (non-hydrogen) atoms. The average molecular weight is 332 g/mol. The maximum absolute atomic E-state index is 4.66. The van der Waals surface area contributed by atoms with Crippen LogP contribution in [0.1, 0.15) is 30.0 Å². The monoisotopic (exact) mass is 332 g/mol. The first-order chi connectivity index (χ1) is 11.5. The van der Waals surface area contributed by atoms with Crippen LogP contribution < -0.4 is 4.90 Å². The summed E-state index contributed by atoms with van der Waals surface area (Å²) >= 11 is 1.72. The molecule has 0 amide bonds. The Bertz CT molecular complexity index is 945. The van der Waals surface area contributed by atoms with Crippen LogP contribution in [-0.2, 0) is 5.41 Å². The molecule has 2 nitrogen and oxygen atoms in total. The van der Waals surface area contributed by atoms with Crippen molar-refractivity contribution >= 4 is 39.4 Å². The minimum Gasteiger partial charge on any atom is -0.348 e. The lowest BCUT2D eigenvalue weighted by atomic mass is 9.84. The molecule has 0 bridgehead atoms. The van der Waals surface area contributed by atoms with Crippen molar-refractivity contribution in [1.82, 2.24) is 4.98 Å². The molecule has 0 atom stereocenters. The van der Waals surface area contributed by atoms with Gasteiger partial charge in [0.25, 0.3) is 0 Å². The fourth-order valence-electron chi connectivity index (χ4n) is 3.30. The Morgan fingerprint density at radius 1 is 1.12 bits per heavy atom. The molecule has 0 fully saturated rings. The molecule has 0 saturated carbocycles. The molecule has 0 unspecified atom stereocenters. The Balaban J connectivity index is 1.69. The highest BCUT2D eigenvalue weighted by atomic mass is 32.1. The van der Waals surface area contributed by atoms with Gasteiger partial charge < -0.3 is 4.90 Å². The minimum atomic E-state index is -0.0240. The van der Waals surface area contributed by atoms with Gasteiger partial charge in [0.05, 0.1) is 10.2 Å². The zero-order chi connectivity index (χ0) is 16.9. The van der Waals surface area contributed by atoms with Crippen molar-refractivity contribution in [3.63, 3.8) is 0 Å². The van der Waals surface area contributed by atoms with Gasteiger partial charge in [-0.2, -0.15) is 0 Å². The van der Waals surface area contributed by atoms with Gasteiger partial charge in [0, 0.05) is 23.8 Å². The minimum absolute atomic E-state index is 0.0240. The van der Waals surface area contributed by atoms with Crippen LogP contribution in [0.5, 0.6) is 0 Å². The summed E-state index contributed by atoms with van der Waals surface area (Å²) in [5.74, 6) is 0. The number of fused-ring (bicyclic) bond motifs is 2. The molecule has 3 heteroatoms. The number of hydrogen-bond donors (Lipinski definition) is 0. The second-order valence-corrected chi connectivity index (χ2v) is 7.82. The maximum atomic E-state index is 4.66. The summed E-state index contributed by atoms with van der Waals surface area (Å²) in [6.45, 7) is 8.72. The van der Waals surface area contributed by atoms with Crippen LogP contribution >= 0.6 is 11.3 Å². The number of anilines is 1. The molecule has 0 spiro atoms. The van der Waals surface area contributed by atoms with E-state index in [-0.39, 0.29) is 5.41 Å². The molecule has 4 rings (SSSR count). The van der Waals surface area contributed by atoms with E-state index in [4.69, 9.17) is 0 Å². The molecule has 1 aromatic heterocycles. The van der Waals surface area contributed by atoms with E-state index < -0.39 is 0 Å². The van der Waals surface area contributed by atoms with Crippen LogP contribution in [0.15, 0.2) is 54.7 Å². The number of likely N-dealkylation sites (N-methyl/N-ethyl adjacent to an activating group) is 1. The zero-order valence-corrected chi connectivity index (χ0v) is 15.0. The average Bonchev–Trinajstić information content (AvgIpc) is 3.07. The summed E-state index contributed by atoms with van der Waals surface area (Å²) in [5, 5.41) is 1.04. The number of hydrogen-bond acceptors (Lipinski definition) is 3. The van der Waals surface area contributed by atoms with Gasteiger partial charge in [-0.05, 0) is 41.5 Å². The Kier molecular flexibility index (Phi) is 3.36. The predicted molar refractivity (Wildman–Crippen MR) is 106 cm³/mol. The lowest BCUT2D eigenvalue weighted by Crippen LogP contribution is -2.21. The fraction of sp³-hybridized carbons (Fsp3) is 0.190. The second-order valence-electron chi connectivity index (χ2n) is 6.76. The first-order valence-electron chi connectivity index (χ1n) is 8.08. The van der Waals surface area contributed by atoms with Crippen molar-refractivity contribution in [2.24, 2.45) is 0 Å². The molecular weight excluding hydrogens is 312 g/mol. The van der Waals surface area contributed by atoms with Crippen LogP contribution in [-0.4, -0.2) is 12.0 Å². The Hall–Kier alpha value is -2.39. The molecule has 2 aromatic carbocycles. The van der Waals surface area contributed by atoms with Gasteiger partial charge in [-0.1, -0.05) is 44.7 Å². The third-order valence-electron chi connectivity index (χ3n) is 4.91. The molecule has 0 N–H and O–H groups in total. The normalized spacial score (nSPS) is 16.3. The first-order valence-corrected chi connectivity index (χ1v) is 8.90. The van der Waals surface area contributed by atoms with Gasteiger partial charge in [-0.3, -0.25) is 0 Å². The van der Waals surface area contributed by atoms with Crippen LogP contribution in [0.25, 0.3) is 22.4 Å². The summed E-state index contributed by atoms with van der Waals surface area (Å²) in [6, 6.07) is 14.9. The van der Waals surface area contributed by atoms with Gasteiger partial charge >= 0.3 is 0 Å². The van der Waals surface area contributed by atoms with Gasteiger partial charge in [-0.15, -0.1) is 11.3 Å². The van der Waals surface area contributed by atoms with E-state index in [2.05, 4.69) is 85.9 Å². The van der Waals surface area contributed by atoms with Gasteiger partial charge in [0.2, 0.25) is 0 Å². The topological polar surface area (TPSA) is 16.1 Å². The number of allylic oxidation sites excluding steroid dienone is 1. The smallest absolute Gasteiger partial charge is 0.117 e. The summed E-state index contributed by atoms with van der Waals surface area (Å²) in [4.78, 5) is 6.85. The SMILES string of the molecule is C=C1N(C)c2ccc(C=Cc3nc4ccccc4s3)cc2C1(C)C. The van der Waals surface area contributed by atoms with E-state index in [1.807, 2.05) is 6.07 Å². The Labute approximate surface area is 146 Å². The van der Waals surface area contributed by atoms with E-state index in [1.165, 1.54) is 21.5 Å². The van der Waals surface area contributed by atoms with E-state index >= 15 is 0 Å². The number of para-hydroxylation sites is 1. The summed E-state index contributed by atoms with van der Waals surface area (Å²) in [7, 11) is 2.09. The standard InChI is InChI=1S/C21H20N2S/c1-14-21(2,3)16-13-15(9-11-18(16)23(14)4)10-12-20-22-17-7-5-6-8-19(17)24-20/h5-13H,1H2,2-4H3. The molecule has 1 aliphatic rings. The molecule has 2 heterocycles. The van der Waals surface area contributed by atoms with Crippen molar-refractivity contribution in [1.29, 1.82) is 0 Å². The third-order valence-corrected chi connectivity index (χ3v) is 5.91. The number of thiazole rings is 1. The first kappa shape index (κ1) is 15.2. The molecule has 3 aromatic rings. The predicted octanol–water partition coefficient (Wildman–Crippen LogP) is 5.71. The third kappa shape index (κ3) is 2.28. The molecule has 0 saturated heterocycles. The Morgan fingerprint density at radius 3 is 2.71 bits per heavy atom. The van der Waals surface area contributed by atoms with Crippen molar-refractivity contribution in [3.8, 4) is 0 Å². The molecule has 1 aliphatic heterocycles. The van der Waals surface area contributed by atoms with Crippen LogP contribution in [0, 0.1) is 0 Å². The van der Waals surface area contributed by atoms with Crippen molar-refractivity contribution in [2.45, 2.75) is 19.3 Å². The highest BCUT2D eigenvalue weighted by Gasteiger charge is 2.36. The quantitative estimate of drug-likeness (QED) is 0.598. The summed E-state index contributed by atoms with van der Waals surface area (Å²) < 4.78 is 1.23. The van der Waals surface area contributed by atoms with Crippen molar-refractivity contribution in [3.05, 3.63) is 70.9 Å². The maximum Gasteiger partial charge on any atom is 0.117 e.